The highest BCUT2D eigenvalue weighted by molar-refractivity contribution is 7.13. The number of hydrogen-bond acceptors (Lipinski definition) is 8. The van der Waals surface area contributed by atoms with Crippen molar-refractivity contribution in [3.05, 3.63) is 35.0 Å². The van der Waals surface area contributed by atoms with Crippen LogP contribution in [0.4, 0.5) is 4.39 Å². The van der Waals surface area contributed by atoms with Gasteiger partial charge in [0.05, 0.1) is 28.8 Å². The second-order valence-electron chi connectivity index (χ2n) is 14.1. The molecule has 5 rings (SSSR count). The van der Waals surface area contributed by atoms with Gasteiger partial charge in [-0.3, -0.25) is 14.4 Å². The molecule has 10 nitrogen and oxygen atoms in total. The molecule has 2 saturated heterocycles. The molecule has 0 bridgehead atoms. The minimum atomic E-state index is -1.94. The van der Waals surface area contributed by atoms with E-state index in [2.05, 4.69) is 20.9 Å². The van der Waals surface area contributed by atoms with Crippen LogP contribution in [0.2, 0.25) is 0 Å². The van der Waals surface area contributed by atoms with Gasteiger partial charge >= 0.3 is 0 Å². The third-order valence-electron chi connectivity index (χ3n) is 9.35. The second kappa shape index (κ2) is 14.4. The molecule has 46 heavy (non-hydrogen) atoms. The molecule has 252 valence electrons. The van der Waals surface area contributed by atoms with Crippen LogP contribution in [-0.2, 0) is 20.9 Å². The molecular formula is C34H48FN5O5S. The van der Waals surface area contributed by atoms with Gasteiger partial charge in [-0.25, -0.2) is 9.37 Å². The van der Waals surface area contributed by atoms with Crippen molar-refractivity contribution in [2.75, 3.05) is 26.2 Å². The molecule has 2 aromatic rings. The fraction of sp³-hybridized carbons (Fsp3) is 0.647. The first-order valence-electron chi connectivity index (χ1n) is 16.5. The van der Waals surface area contributed by atoms with Gasteiger partial charge in [0.15, 0.2) is 5.67 Å². The molecule has 1 aliphatic carbocycles. The summed E-state index contributed by atoms with van der Waals surface area (Å²) in [5.74, 6) is -0.330. The summed E-state index contributed by atoms with van der Waals surface area (Å²) in [4.78, 5) is 46.7. The lowest BCUT2D eigenvalue weighted by Crippen LogP contribution is -2.59. The van der Waals surface area contributed by atoms with Gasteiger partial charge in [0, 0.05) is 25.1 Å². The number of rotatable bonds is 12. The average molecular weight is 658 g/mol. The van der Waals surface area contributed by atoms with Crippen molar-refractivity contribution in [2.45, 2.75) is 103 Å². The number of aryl methyl sites for hydroxylation is 1. The molecular weight excluding hydrogens is 609 g/mol. The smallest absolute Gasteiger partial charge is 0.258 e. The SMILES string of the molecule is Cc1ncsc1-c1ccc(CNC(=O)[C@@H]2C[C@@H](O)CN2C(=O)[C@@H](NC(=O)C2(F)CC2)C(C)(C)C)c(OCCCC2CCNCC2)c1. The zero-order valence-corrected chi connectivity index (χ0v) is 28.2. The molecule has 3 amide bonds. The summed E-state index contributed by atoms with van der Waals surface area (Å²) in [5, 5.41) is 19.5. The number of likely N-dealkylation sites (tertiary alicyclic amines) is 1. The molecule has 3 aliphatic rings. The van der Waals surface area contributed by atoms with Gasteiger partial charge in [-0.05, 0) is 81.5 Å². The maximum Gasteiger partial charge on any atom is 0.258 e. The molecule has 4 N–H and O–H groups in total. The third-order valence-corrected chi connectivity index (χ3v) is 10.3. The summed E-state index contributed by atoms with van der Waals surface area (Å²) >= 11 is 1.56. The number of nitrogens with one attached hydrogen (secondary N) is 3. The molecule has 12 heteroatoms. The van der Waals surface area contributed by atoms with Gasteiger partial charge in [0.25, 0.3) is 5.91 Å². The highest BCUT2D eigenvalue weighted by atomic mass is 32.1. The van der Waals surface area contributed by atoms with Crippen molar-refractivity contribution < 1.29 is 28.6 Å². The number of amides is 3. The topological polar surface area (TPSA) is 133 Å². The van der Waals surface area contributed by atoms with Crippen LogP contribution in [0.15, 0.2) is 23.7 Å². The van der Waals surface area contributed by atoms with E-state index >= 15 is 0 Å². The number of aliphatic hydroxyl groups excluding tert-OH is 1. The lowest BCUT2D eigenvalue weighted by Gasteiger charge is -2.35. The summed E-state index contributed by atoms with van der Waals surface area (Å²) in [6.07, 6.45) is 3.85. The number of ether oxygens (including phenoxy) is 1. The number of piperidine rings is 1. The standard InChI is InChI=1S/C34H48FN5O5S/c1-21-28(46-20-38-21)23-7-8-24(27(16-23)45-15-5-6-22-9-13-36-14-10-22)18-37-30(42)26-17-25(41)19-40(26)31(43)29(33(2,3)4)39-32(44)34(35)11-12-34/h7-8,16,20,22,25-26,29,36,41H,5-6,9-15,17-19H2,1-4H3,(H,37,42)(H,39,44)/t25-,26+,29-/m1/s1. The Bertz CT molecular complexity index is 1400. The number of carbonyl (C=O) groups excluding carboxylic acids is 3. The van der Waals surface area contributed by atoms with Crippen LogP contribution in [0.1, 0.15) is 77.0 Å². The number of carbonyl (C=O) groups is 3. The predicted molar refractivity (Wildman–Crippen MR) is 175 cm³/mol. The second-order valence-corrected chi connectivity index (χ2v) is 15.0. The number of benzene rings is 1. The van der Waals surface area contributed by atoms with Gasteiger partial charge in [0.1, 0.15) is 17.8 Å². The summed E-state index contributed by atoms with van der Waals surface area (Å²) in [6.45, 7) is 10.1. The Hall–Kier alpha value is -3.09. The van der Waals surface area contributed by atoms with Crippen LogP contribution in [0.25, 0.3) is 10.4 Å². The monoisotopic (exact) mass is 657 g/mol. The van der Waals surface area contributed by atoms with Gasteiger partial charge in [-0.2, -0.15) is 0 Å². The Morgan fingerprint density at radius 2 is 1.98 bits per heavy atom. The molecule has 0 spiro atoms. The number of alkyl halides is 1. The molecule has 1 aromatic heterocycles. The quantitative estimate of drug-likeness (QED) is 0.255. The van der Waals surface area contributed by atoms with Gasteiger partial charge in [0.2, 0.25) is 11.8 Å². The van der Waals surface area contributed by atoms with Crippen molar-refractivity contribution in [1.82, 2.24) is 25.8 Å². The highest BCUT2D eigenvalue weighted by Gasteiger charge is 2.53. The first kappa shape index (κ1) is 34.3. The normalized spacial score (nSPS) is 21.9. The zero-order chi connectivity index (χ0) is 33.1. The molecule has 2 aliphatic heterocycles. The average Bonchev–Trinajstić information content (AvgIpc) is 3.43. The fourth-order valence-electron chi connectivity index (χ4n) is 6.30. The minimum absolute atomic E-state index is 0.0472. The van der Waals surface area contributed by atoms with E-state index in [1.165, 1.54) is 17.7 Å². The largest absolute Gasteiger partial charge is 0.493 e. The Morgan fingerprint density at radius 1 is 1.24 bits per heavy atom. The highest BCUT2D eigenvalue weighted by Crippen LogP contribution is 2.40. The zero-order valence-electron chi connectivity index (χ0n) is 27.4. The van der Waals surface area contributed by atoms with E-state index in [4.69, 9.17) is 4.74 Å². The number of aliphatic hydroxyl groups is 1. The molecule has 0 radical (unpaired) electrons. The van der Waals surface area contributed by atoms with Crippen LogP contribution in [0, 0.1) is 18.3 Å². The molecule has 3 fully saturated rings. The number of thiazole rings is 1. The summed E-state index contributed by atoms with van der Waals surface area (Å²) in [5.41, 5.74) is 1.87. The van der Waals surface area contributed by atoms with Gasteiger partial charge in [-0.1, -0.05) is 32.9 Å². The van der Waals surface area contributed by atoms with Crippen LogP contribution < -0.4 is 20.7 Å². The minimum Gasteiger partial charge on any atom is -0.493 e. The van der Waals surface area contributed by atoms with E-state index in [1.54, 1.807) is 32.1 Å². The maximum absolute atomic E-state index is 14.5. The number of aromatic nitrogens is 1. The summed E-state index contributed by atoms with van der Waals surface area (Å²) in [7, 11) is 0. The third kappa shape index (κ3) is 8.24. The molecule has 0 unspecified atom stereocenters. The van der Waals surface area contributed by atoms with Crippen molar-refractivity contribution in [2.24, 2.45) is 11.3 Å². The maximum atomic E-state index is 14.5. The van der Waals surface area contributed by atoms with Crippen LogP contribution in [0.5, 0.6) is 5.75 Å². The van der Waals surface area contributed by atoms with E-state index in [1.807, 2.05) is 30.6 Å². The first-order chi connectivity index (χ1) is 21.9. The number of halogens is 1. The Morgan fingerprint density at radius 3 is 2.63 bits per heavy atom. The van der Waals surface area contributed by atoms with E-state index < -0.39 is 47.0 Å². The van der Waals surface area contributed by atoms with Gasteiger partial charge in [-0.15, -0.1) is 11.3 Å². The van der Waals surface area contributed by atoms with E-state index in [0.717, 1.165) is 47.6 Å². The van der Waals surface area contributed by atoms with Crippen molar-refractivity contribution in [1.29, 1.82) is 0 Å². The summed E-state index contributed by atoms with van der Waals surface area (Å²) < 4.78 is 20.8. The molecule has 3 atom stereocenters. The molecule has 1 aromatic carbocycles. The van der Waals surface area contributed by atoms with Crippen molar-refractivity contribution in [3.63, 3.8) is 0 Å². The lowest BCUT2D eigenvalue weighted by molar-refractivity contribution is -0.145. The van der Waals surface area contributed by atoms with Gasteiger partial charge < -0.3 is 30.7 Å². The molecule has 1 saturated carbocycles. The predicted octanol–water partition coefficient (Wildman–Crippen LogP) is 3.89. The van der Waals surface area contributed by atoms with E-state index in [0.29, 0.717) is 18.3 Å². The van der Waals surface area contributed by atoms with Crippen molar-refractivity contribution >= 4 is 29.1 Å². The lowest BCUT2D eigenvalue weighted by atomic mass is 9.85. The van der Waals surface area contributed by atoms with Crippen LogP contribution >= 0.6 is 11.3 Å². The molecule has 3 heterocycles. The van der Waals surface area contributed by atoms with E-state index in [-0.39, 0.29) is 32.4 Å². The number of β-amino-alcohol motifs (C(OH)–C–C–N with tert-alkyl or cyclic N) is 1. The van der Waals surface area contributed by atoms with Crippen LogP contribution in [-0.4, -0.2) is 82.8 Å². The Balaban J connectivity index is 1.26. The number of nitrogens with zero attached hydrogens (tertiary/aromatic N) is 2. The fourth-order valence-corrected chi connectivity index (χ4v) is 7.10. The number of hydrogen-bond donors (Lipinski definition) is 4. The first-order valence-corrected chi connectivity index (χ1v) is 17.4. The van der Waals surface area contributed by atoms with Crippen molar-refractivity contribution in [3.8, 4) is 16.2 Å². The van der Waals surface area contributed by atoms with E-state index in [9.17, 15) is 23.9 Å². The summed E-state index contributed by atoms with van der Waals surface area (Å²) in [6, 6.07) is 3.95. The van der Waals surface area contributed by atoms with Crippen LogP contribution in [0.3, 0.4) is 0 Å². The Kier molecular flexibility index (Phi) is 10.7. The Labute approximate surface area is 274 Å².